The van der Waals surface area contributed by atoms with Crippen molar-refractivity contribution in [3.8, 4) is 0 Å². The second kappa shape index (κ2) is 7.50. The molecule has 4 nitrogen and oxygen atoms in total. The van der Waals surface area contributed by atoms with Crippen LogP contribution in [-0.2, 0) is 11.2 Å². The molecule has 2 N–H and O–H groups in total. The molecule has 1 unspecified atom stereocenters. The van der Waals surface area contributed by atoms with Crippen LogP contribution in [0.4, 0.5) is 4.79 Å². The molecule has 0 radical (unpaired) electrons. The number of ether oxygens (including phenoxy) is 1. The Kier molecular flexibility index (Phi) is 6.30. The van der Waals surface area contributed by atoms with Crippen molar-refractivity contribution in [2.24, 2.45) is 5.92 Å². The molecule has 0 fully saturated rings. The normalized spacial score (nSPS) is 12.8. The van der Waals surface area contributed by atoms with Crippen LogP contribution in [0.3, 0.4) is 0 Å². The molecular formula is C15H22ClNO3. The number of nitrogens with one attached hydrogen (secondary N) is 1. The van der Waals surface area contributed by atoms with E-state index >= 15 is 0 Å². The molecule has 20 heavy (non-hydrogen) atoms. The first-order valence-electron chi connectivity index (χ1n) is 6.63. The monoisotopic (exact) mass is 299 g/mol. The zero-order valence-corrected chi connectivity index (χ0v) is 12.9. The fourth-order valence-corrected chi connectivity index (χ4v) is 1.93. The molecule has 0 aliphatic heterocycles. The van der Waals surface area contributed by atoms with E-state index in [4.69, 9.17) is 16.3 Å². The molecule has 0 aliphatic rings. The minimum atomic E-state index is -0.526. The number of halogens is 1. The maximum absolute atomic E-state index is 11.6. The van der Waals surface area contributed by atoms with Crippen LogP contribution >= 0.6 is 11.6 Å². The number of aliphatic hydroxyl groups excluding tert-OH is 1. The molecule has 0 heterocycles. The number of hydrogen-bond acceptors (Lipinski definition) is 3. The highest BCUT2D eigenvalue weighted by molar-refractivity contribution is 6.31. The van der Waals surface area contributed by atoms with E-state index in [9.17, 15) is 9.90 Å². The summed E-state index contributed by atoms with van der Waals surface area (Å²) in [6.07, 6.45) is 0.126. The number of rotatable bonds is 5. The highest BCUT2D eigenvalue weighted by Crippen LogP contribution is 2.18. The van der Waals surface area contributed by atoms with Crippen molar-refractivity contribution in [1.82, 2.24) is 5.32 Å². The smallest absolute Gasteiger partial charge is 0.407 e. The third-order valence-corrected chi connectivity index (χ3v) is 3.03. The Bertz CT molecular complexity index is 443. The van der Waals surface area contributed by atoms with Gasteiger partial charge in [0.2, 0.25) is 0 Å². The number of aliphatic hydroxyl groups is 1. The van der Waals surface area contributed by atoms with Crippen molar-refractivity contribution < 1.29 is 14.6 Å². The van der Waals surface area contributed by atoms with Crippen molar-refractivity contribution in [2.45, 2.75) is 32.8 Å². The van der Waals surface area contributed by atoms with Gasteiger partial charge < -0.3 is 15.2 Å². The van der Waals surface area contributed by atoms with Gasteiger partial charge in [-0.2, -0.15) is 0 Å². The summed E-state index contributed by atoms with van der Waals surface area (Å²) in [5.41, 5.74) is 0.431. The predicted octanol–water partition coefficient (Wildman–Crippen LogP) is 3.02. The van der Waals surface area contributed by atoms with E-state index in [-0.39, 0.29) is 12.5 Å². The lowest BCUT2D eigenvalue weighted by Gasteiger charge is -2.21. The van der Waals surface area contributed by atoms with Gasteiger partial charge in [-0.25, -0.2) is 4.79 Å². The third kappa shape index (κ3) is 6.26. The lowest BCUT2D eigenvalue weighted by Crippen LogP contribution is -2.36. The van der Waals surface area contributed by atoms with Crippen molar-refractivity contribution in [2.75, 3.05) is 13.2 Å². The summed E-state index contributed by atoms with van der Waals surface area (Å²) in [6, 6.07) is 7.49. The maximum atomic E-state index is 11.6. The van der Waals surface area contributed by atoms with Crippen molar-refractivity contribution in [1.29, 1.82) is 0 Å². The first kappa shape index (κ1) is 16.8. The molecule has 0 saturated heterocycles. The SMILES string of the molecule is CC(C)(C)OC(=O)NCC(CO)Cc1ccccc1Cl. The summed E-state index contributed by atoms with van der Waals surface area (Å²) >= 11 is 6.08. The zero-order valence-electron chi connectivity index (χ0n) is 12.1. The van der Waals surface area contributed by atoms with Crippen LogP contribution in [0.25, 0.3) is 0 Å². The highest BCUT2D eigenvalue weighted by atomic mass is 35.5. The first-order chi connectivity index (χ1) is 9.31. The molecule has 0 bridgehead atoms. The zero-order chi connectivity index (χ0) is 15.2. The van der Waals surface area contributed by atoms with Crippen LogP contribution in [0.1, 0.15) is 26.3 Å². The number of hydrogen-bond donors (Lipinski definition) is 2. The summed E-state index contributed by atoms with van der Waals surface area (Å²) in [5, 5.41) is 12.7. The Balaban J connectivity index is 2.48. The third-order valence-electron chi connectivity index (χ3n) is 2.66. The largest absolute Gasteiger partial charge is 0.444 e. The summed E-state index contributed by atoms with van der Waals surface area (Å²) in [5.74, 6) is -0.0950. The van der Waals surface area contributed by atoms with Gasteiger partial charge in [0.25, 0.3) is 0 Å². The maximum Gasteiger partial charge on any atom is 0.407 e. The second-order valence-corrected chi connectivity index (χ2v) is 6.13. The molecule has 112 valence electrons. The average Bonchev–Trinajstić information content (AvgIpc) is 2.34. The number of benzene rings is 1. The van der Waals surface area contributed by atoms with Crippen LogP contribution in [0.2, 0.25) is 5.02 Å². The molecule has 1 aromatic rings. The molecule has 1 aromatic carbocycles. The summed E-state index contributed by atoms with van der Waals surface area (Å²) in [4.78, 5) is 11.6. The molecule has 1 amide bonds. The van der Waals surface area contributed by atoms with Gasteiger partial charge in [-0.3, -0.25) is 0 Å². The minimum Gasteiger partial charge on any atom is -0.444 e. The Hall–Kier alpha value is -1.26. The lowest BCUT2D eigenvalue weighted by molar-refractivity contribution is 0.0512. The molecule has 0 saturated carbocycles. The Morgan fingerprint density at radius 2 is 2.05 bits per heavy atom. The van der Waals surface area contributed by atoms with Gasteiger partial charge in [0.1, 0.15) is 5.60 Å². The van der Waals surface area contributed by atoms with Crippen LogP contribution < -0.4 is 5.32 Å². The number of carbonyl (C=O) groups is 1. The van der Waals surface area contributed by atoms with Gasteiger partial charge in [-0.1, -0.05) is 29.8 Å². The second-order valence-electron chi connectivity index (χ2n) is 5.73. The molecular weight excluding hydrogens is 278 g/mol. The fraction of sp³-hybridized carbons (Fsp3) is 0.533. The molecule has 0 spiro atoms. The van der Waals surface area contributed by atoms with Crippen LogP contribution in [0, 0.1) is 5.92 Å². The molecule has 0 aliphatic carbocycles. The highest BCUT2D eigenvalue weighted by Gasteiger charge is 2.17. The van der Waals surface area contributed by atoms with E-state index < -0.39 is 11.7 Å². The number of amides is 1. The van der Waals surface area contributed by atoms with Gasteiger partial charge in [-0.15, -0.1) is 0 Å². The van der Waals surface area contributed by atoms with Crippen molar-refractivity contribution >= 4 is 17.7 Å². The number of alkyl carbamates (subject to hydrolysis) is 1. The number of carbonyl (C=O) groups excluding carboxylic acids is 1. The minimum absolute atomic E-state index is 0.0268. The van der Waals surface area contributed by atoms with Gasteiger partial charge in [0.15, 0.2) is 0 Å². The van der Waals surface area contributed by atoms with Gasteiger partial charge in [-0.05, 0) is 38.8 Å². The van der Waals surface area contributed by atoms with E-state index in [0.717, 1.165) is 5.56 Å². The molecule has 1 rings (SSSR count). The standard InChI is InChI=1S/C15H22ClNO3/c1-15(2,3)20-14(19)17-9-11(10-18)8-12-6-4-5-7-13(12)16/h4-7,11,18H,8-10H2,1-3H3,(H,17,19). The quantitative estimate of drug-likeness (QED) is 0.878. The van der Waals surface area contributed by atoms with Crippen molar-refractivity contribution in [3.63, 3.8) is 0 Å². The summed E-state index contributed by atoms with van der Waals surface area (Å²) < 4.78 is 5.15. The Morgan fingerprint density at radius 3 is 2.60 bits per heavy atom. The van der Waals surface area contributed by atoms with Crippen LogP contribution in [-0.4, -0.2) is 30.0 Å². The average molecular weight is 300 g/mol. The Morgan fingerprint density at radius 1 is 1.40 bits per heavy atom. The molecule has 5 heteroatoms. The molecule has 0 aromatic heterocycles. The van der Waals surface area contributed by atoms with E-state index in [2.05, 4.69) is 5.32 Å². The van der Waals surface area contributed by atoms with E-state index in [1.54, 1.807) is 20.8 Å². The van der Waals surface area contributed by atoms with E-state index in [0.29, 0.717) is 18.0 Å². The Labute approximate surface area is 125 Å². The van der Waals surface area contributed by atoms with Gasteiger partial charge in [0, 0.05) is 24.1 Å². The fourth-order valence-electron chi connectivity index (χ4n) is 1.72. The summed E-state index contributed by atoms with van der Waals surface area (Å²) in [6.45, 7) is 5.73. The topological polar surface area (TPSA) is 58.6 Å². The summed E-state index contributed by atoms with van der Waals surface area (Å²) in [7, 11) is 0. The van der Waals surface area contributed by atoms with E-state index in [1.807, 2.05) is 24.3 Å². The van der Waals surface area contributed by atoms with Crippen LogP contribution in [0.5, 0.6) is 0 Å². The lowest BCUT2D eigenvalue weighted by atomic mass is 10.00. The van der Waals surface area contributed by atoms with Gasteiger partial charge in [0.05, 0.1) is 0 Å². The van der Waals surface area contributed by atoms with Crippen LogP contribution in [0.15, 0.2) is 24.3 Å². The molecule has 1 atom stereocenters. The van der Waals surface area contributed by atoms with E-state index in [1.165, 1.54) is 0 Å². The van der Waals surface area contributed by atoms with Crippen molar-refractivity contribution in [3.05, 3.63) is 34.9 Å². The first-order valence-corrected chi connectivity index (χ1v) is 7.00. The predicted molar refractivity (Wildman–Crippen MR) is 80.0 cm³/mol. The van der Waals surface area contributed by atoms with Gasteiger partial charge >= 0.3 is 6.09 Å².